The molecule has 1 aromatic heterocycles. The molecule has 1 fully saturated rings. The number of aromatic nitrogens is 1. The molecule has 1 N–H and O–H groups in total. The number of carbonyl (C=O) groups is 1. The average Bonchev–Trinajstić information content (AvgIpc) is 2.29. The second-order valence-electron chi connectivity index (χ2n) is 6.30. The first-order chi connectivity index (χ1) is 9.82. The minimum absolute atomic E-state index is 0.184. The van der Waals surface area contributed by atoms with Crippen LogP contribution in [0.1, 0.15) is 33.6 Å². The van der Waals surface area contributed by atoms with Gasteiger partial charge < -0.3 is 14.8 Å². The van der Waals surface area contributed by atoms with E-state index in [2.05, 4.69) is 26.2 Å². The molecule has 1 aromatic rings. The van der Waals surface area contributed by atoms with Crippen LogP contribution in [0.15, 0.2) is 22.8 Å². The van der Waals surface area contributed by atoms with Crippen molar-refractivity contribution in [2.24, 2.45) is 5.92 Å². The first-order valence-corrected chi connectivity index (χ1v) is 7.85. The molecular formula is C15H21BrN2O3. The first-order valence-electron chi connectivity index (χ1n) is 7.06. The maximum atomic E-state index is 11.6. The summed E-state index contributed by atoms with van der Waals surface area (Å²) < 4.78 is 11.8. The quantitative estimate of drug-likeness (QED) is 0.896. The van der Waals surface area contributed by atoms with E-state index >= 15 is 0 Å². The molecule has 0 saturated heterocycles. The summed E-state index contributed by atoms with van der Waals surface area (Å²) in [7, 11) is 0. The van der Waals surface area contributed by atoms with E-state index in [0.717, 1.165) is 17.3 Å². The largest absolute Gasteiger partial charge is 0.477 e. The molecule has 6 heteroatoms. The average molecular weight is 357 g/mol. The summed E-state index contributed by atoms with van der Waals surface area (Å²) in [5.74, 6) is 1.07. The van der Waals surface area contributed by atoms with E-state index in [9.17, 15) is 4.79 Å². The zero-order valence-electron chi connectivity index (χ0n) is 12.6. The first kappa shape index (κ1) is 16.1. The lowest BCUT2D eigenvalue weighted by Crippen LogP contribution is -2.47. The van der Waals surface area contributed by atoms with Gasteiger partial charge >= 0.3 is 6.09 Å². The van der Waals surface area contributed by atoms with Gasteiger partial charge in [0.15, 0.2) is 0 Å². The zero-order chi connectivity index (χ0) is 15.5. The summed E-state index contributed by atoms with van der Waals surface area (Å²) in [5, 5.41) is 2.87. The summed E-state index contributed by atoms with van der Waals surface area (Å²) in [6.07, 6.45) is 3.17. The van der Waals surface area contributed by atoms with Crippen LogP contribution in [0.4, 0.5) is 4.79 Å². The number of alkyl carbamates (subject to hydrolysis) is 1. The smallest absolute Gasteiger partial charge is 0.407 e. The van der Waals surface area contributed by atoms with Gasteiger partial charge in [0.05, 0.1) is 6.61 Å². The summed E-state index contributed by atoms with van der Waals surface area (Å²) in [6.45, 7) is 6.19. The van der Waals surface area contributed by atoms with Gasteiger partial charge in [-0.25, -0.2) is 9.78 Å². The molecule has 21 heavy (non-hydrogen) atoms. The van der Waals surface area contributed by atoms with Gasteiger partial charge in [0.2, 0.25) is 5.88 Å². The third-order valence-corrected chi connectivity index (χ3v) is 3.61. The van der Waals surface area contributed by atoms with Crippen LogP contribution >= 0.6 is 15.9 Å². The number of carbonyl (C=O) groups excluding carboxylic acids is 1. The molecule has 5 nitrogen and oxygen atoms in total. The lowest BCUT2D eigenvalue weighted by atomic mass is 9.81. The van der Waals surface area contributed by atoms with E-state index < -0.39 is 5.60 Å². The summed E-state index contributed by atoms with van der Waals surface area (Å²) >= 11 is 3.38. The highest BCUT2D eigenvalue weighted by Gasteiger charge is 2.32. The van der Waals surface area contributed by atoms with Crippen molar-refractivity contribution >= 4 is 22.0 Å². The molecule has 0 unspecified atom stereocenters. The van der Waals surface area contributed by atoms with Crippen molar-refractivity contribution in [3.8, 4) is 5.88 Å². The number of amides is 1. The Morgan fingerprint density at radius 1 is 1.48 bits per heavy atom. The Morgan fingerprint density at radius 2 is 2.19 bits per heavy atom. The van der Waals surface area contributed by atoms with Gasteiger partial charge in [0, 0.05) is 22.8 Å². The van der Waals surface area contributed by atoms with Crippen molar-refractivity contribution in [1.82, 2.24) is 10.3 Å². The Bertz CT molecular complexity index is 496. The minimum atomic E-state index is -0.456. The summed E-state index contributed by atoms with van der Waals surface area (Å²) in [4.78, 5) is 15.7. The molecule has 0 atom stereocenters. The number of nitrogens with zero attached hydrogens (tertiary/aromatic N) is 1. The molecule has 0 aromatic carbocycles. The van der Waals surface area contributed by atoms with Crippen LogP contribution in [0.2, 0.25) is 0 Å². The summed E-state index contributed by atoms with van der Waals surface area (Å²) in [5.41, 5.74) is -0.456. The van der Waals surface area contributed by atoms with Crippen molar-refractivity contribution in [3.05, 3.63) is 22.8 Å². The van der Waals surface area contributed by atoms with Crippen molar-refractivity contribution in [2.75, 3.05) is 6.61 Å². The predicted octanol–water partition coefficient (Wildman–Crippen LogP) is 3.53. The van der Waals surface area contributed by atoms with Crippen molar-refractivity contribution in [1.29, 1.82) is 0 Å². The highest BCUT2D eigenvalue weighted by molar-refractivity contribution is 9.10. The molecule has 1 saturated carbocycles. The topological polar surface area (TPSA) is 60.5 Å². The third-order valence-electron chi connectivity index (χ3n) is 3.12. The fourth-order valence-corrected chi connectivity index (χ4v) is 2.45. The molecule has 0 radical (unpaired) electrons. The van der Waals surface area contributed by atoms with E-state index in [1.807, 2.05) is 32.9 Å². The highest BCUT2D eigenvalue weighted by atomic mass is 79.9. The van der Waals surface area contributed by atoms with E-state index in [-0.39, 0.29) is 12.1 Å². The van der Waals surface area contributed by atoms with Crippen LogP contribution in [0, 0.1) is 5.92 Å². The minimum Gasteiger partial charge on any atom is -0.477 e. The molecule has 1 aliphatic carbocycles. The second-order valence-corrected chi connectivity index (χ2v) is 7.22. The molecule has 2 rings (SSSR count). The number of rotatable bonds is 4. The van der Waals surface area contributed by atoms with Crippen LogP contribution in [0.3, 0.4) is 0 Å². The predicted molar refractivity (Wildman–Crippen MR) is 83.3 cm³/mol. The van der Waals surface area contributed by atoms with Crippen LogP contribution in [0.5, 0.6) is 5.88 Å². The number of hydrogen-bond donors (Lipinski definition) is 1. The lowest BCUT2D eigenvalue weighted by molar-refractivity contribution is 0.0427. The van der Waals surface area contributed by atoms with Crippen molar-refractivity contribution in [2.45, 2.75) is 45.3 Å². The SMILES string of the molecule is CC(C)(C)OC(=O)NC1CC(COc2cc(Br)ccn2)C1. The Hall–Kier alpha value is -1.30. The van der Waals surface area contributed by atoms with Gasteiger partial charge in [-0.15, -0.1) is 0 Å². The number of halogens is 1. The Labute approximate surface area is 133 Å². The Morgan fingerprint density at radius 3 is 2.81 bits per heavy atom. The Kier molecular flexibility index (Phi) is 5.08. The molecule has 0 bridgehead atoms. The molecule has 1 amide bonds. The number of ether oxygens (including phenoxy) is 2. The van der Waals surface area contributed by atoms with Gasteiger partial charge in [0.25, 0.3) is 0 Å². The third kappa shape index (κ3) is 5.53. The van der Waals surface area contributed by atoms with E-state index in [4.69, 9.17) is 9.47 Å². The van der Waals surface area contributed by atoms with Crippen molar-refractivity contribution in [3.63, 3.8) is 0 Å². The molecule has 1 aliphatic rings. The highest BCUT2D eigenvalue weighted by Crippen LogP contribution is 2.28. The number of pyridine rings is 1. The van der Waals surface area contributed by atoms with E-state index in [1.54, 1.807) is 6.20 Å². The van der Waals surface area contributed by atoms with Crippen LogP contribution in [-0.2, 0) is 4.74 Å². The van der Waals surface area contributed by atoms with Gasteiger partial charge in [0.1, 0.15) is 5.60 Å². The normalized spacial score (nSPS) is 21.3. The summed E-state index contributed by atoms with van der Waals surface area (Å²) in [6, 6.07) is 3.88. The number of hydrogen-bond acceptors (Lipinski definition) is 4. The fourth-order valence-electron chi connectivity index (χ4n) is 2.13. The zero-order valence-corrected chi connectivity index (χ0v) is 14.1. The second kappa shape index (κ2) is 6.64. The monoisotopic (exact) mass is 356 g/mol. The fraction of sp³-hybridized carbons (Fsp3) is 0.600. The van der Waals surface area contributed by atoms with Crippen LogP contribution < -0.4 is 10.1 Å². The van der Waals surface area contributed by atoms with Gasteiger partial charge in [-0.05, 0) is 45.6 Å². The molecule has 1 heterocycles. The van der Waals surface area contributed by atoms with E-state index in [0.29, 0.717) is 18.4 Å². The maximum absolute atomic E-state index is 11.6. The molecular weight excluding hydrogens is 336 g/mol. The van der Waals surface area contributed by atoms with Gasteiger partial charge in [-0.3, -0.25) is 0 Å². The molecule has 0 spiro atoms. The lowest BCUT2D eigenvalue weighted by Gasteiger charge is -2.35. The van der Waals surface area contributed by atoms with Crippen LogP contribution in [0.25, 0.3) is 0 Å². The van der Waals surface area contributed by atoms with Gasteiger partial charge in [-0.2, -0.15) is 0 Å². The standard InChI is InChI=1S/C15H21BrN2O3/c1-15(2,3)21-14(19)18-12-6-10(7-12)9-20-13-8-11(16)4-5-17-13/h4-5,8,10,12H,6-7,9H2,1-3H3,(H,18,19). The number of nitrogens with one attached hydrogen (secondary N) is 1. The van der Waals surface area contributed by atoms with E-state index in [1.165, 1.54) is 0 Å². The Balaban J connectivity index is 1.64. The van der Waals surface area contributed by atoms with Crippen LogP contribution in [-0.4, -0.2) is 29.3 Å². The van der Waals surface area contributed by atoms with Crippen molar-refractivity contribution < 1.29 is 14.3 Å². The maximum Gasteiger partial charge on any atom is 0.407 e. The molecule has 116 valence electrons. The molecule has 0 aliphatic heterocycles. The van der Waals surface area contributed by atoms with Gasteiger partial charge in [-0.1, -0.05) is 15.9 Å².